The van der Waals surface area contributed by atoms with Gasteiger partial charge in [0, 0.05) is 11.1 Å². The second kappa shape index (κ2) is 9.36. The molecule has 3 N–H and O–H groups in total. The average molecular weight is 353 g/mol. The highest BCUT2D eigenvalue weighted by Gasteiger charge is 2.21. The summed E-state index contributed by atoms with van der Waals surface area (Å²) in [5.74, 6) is -0.923. The van der Waals surface area contributed by atoms with E-state index in [1.54, 1.807) is 0 Å². The van der Waals surface area contributed by atoms with Gasteiger partial charge in [0.05, 0.1) is 5.71 Å². The van der Waals surface area contributed by atoms with Crippen LogP contribution >= 0.6 is 0 Å². The number of carboxylic acid groups (broad SMARTS) is 1. The molecule has 0 bridgehead atoms. The number of urea groups is 1. The largest absolute Gasteiger partial charge is 0.480 e. The summed E-state index contributed by atoms with van der Waals surface area (Å²) in [6, 6.07) is 17.3. The summed E-state index contributed by atoms with van der Waals surface area (Å²) in [7, 11) is 0. The van der Waals surface area contributed by atoms with E-state index in [4.69, 9.17) is 0 Å². The summed E-state index contributed by atoms with van der Waals surface area (Å²) in [6.07, 6.45) is 0.344. The molecule has 0 radical (unpaired) electrons. The second-order valence-electron chi connectivity index (χ2n) is 6.30. The Bertz CT molecular complexity index is 717. The standard InChI is InChI=1S/C20H23N3O3/c1-14(2)13-17(19(24)25)21-20(26)23-22-18(15-9-5-3-6-10-15)16-11-7-4-8-12-16/h3-12,14,17H,13H2,1-2H3,(H,24,25)(H2,21,23,26)/t17-/m0/s1. The van der Waals surface area contributed by atoms with Crippen molar-refractivity contribution in [2.75, 3.05) is 0 Å². The lowest BCUT2D eigenvalue weighted by molar-refractivity contribution is -0.139. The number of aliphatic carboxylic acids is 1. The van der Waals surface area contributed by atoms with Crippen LogP contribution in [0.2, 0.25) is 0 Å². The van der Waals surface area contributed by atoms with E-state index in [9.17, 15) is 14.7 Å². The Morgan fingerprint density at radius 1 is 0.962 bits per heavy atom. The predicted octanol–water partition coefficient (Wildman–Crippen LogP) is 3.24. The van der Waals surface area contributed by atoms with Gasteiger partial charge in [0.25, 0.3) is 0 Å². The molecule has 0 saturated carbocycles. The van der Waals surface area contributed by atoms with Crippen LogP contribution in [0, 0.1) is 5.92 Å². The molecule has 0 spiro atoms. The van der Waals surface area contributed by atoms with Crippen LogP contribution in [0.4, 0.5) is 4.79 Å². The smallest absolute Gasteiger partial charge is 0.335 e. The summed E-state index contributed by atoms with van der Waals surface area (Å²) >= 11 is 0. The summed E-state index contributed by atoms with van der Waals surface area (Å²) in [5.41, 5.74) is 4.69. The Morgan fingerprint density at radius 3 is 1.88 bits per heavy atom. The fraction of sp³-hybridized carbons (Fsp3) is 0.250. The lowest BCUT2D eigenvalue weighted by Gasteiger charge is -2.16. The highest BCUT2D eigenvalue weighted by Crippen LogP contribution is 2.10. The van der Waals surface area contributed by atoms with Crippen molar-refractivity contribution in [1.29, 1.82) is 0 Å². The van der Waals surface area contributed by atoms with Gasteiger partial charge in [-0.15, -0.1) is 0 Å². The number of nitrogens with zero attached hydrogens (tertiary/aromatic N) is 1. The molecule has 0 aliphatic carbocycles. The minimum absolute atomic E-state index is 0.143. The van der Waals surface area contributed by atoms with Gasteiger partial charge < -0.3 is 10.4 Å². The normalized spacial score (nSPS) is 11.5. The highest BCUT2D eigenvalue weighted by molar-refractivity contribution is 6.13. The third kappa shape index (κ3) is 5.73. The van der Waals surface area contributed by atoms with Crippen molar-refractivity contribution in [2.24, 2.45) is 11.0 Å². The lowest BCUT2D eigenvalue weighted by atomic mass is 10.0. The van der Waals surface area contributed by atoms with Crippen LogP contribution in [0.5, 0.6) is 0 Å². The molecule has 0 saturated heterocycles. The molecule has 1 atom stereocenters. The van der Waals surface area contributed by atoms with Gasteiger partial charge in [0.2, 0.25) is 0 Å². The molecule has 0 aliphatic rings. The zero-order valence-electron chi connectivity index (χ0n) is 14.8. The number of hydrazone groups is 1. The van der Waals surface area contributed by atoms with E-state index in [0.717, 1.165) is 11.1 Å². The third-order valence-electron chi connectivity index (χ3n) is 3.67. The minimum atomic E-state index is -1.07. The van der Waals surface area contributed by atoms with Gasteiger partial charge in [-0.3, -0.25) is 0 Å². The van der Waals surface area contributed by atoms with Crippen molar-refractivity contribution in [1.82, 2.24) is 10.7 Å². The molecule has 0 aromatic heterocycles. The van der Waals surface area contributed by atoms with Gasteiger partial charge in [-0.2, -0.15) is 5.10 Å². The van der Waals surface area contributed by atoms with E-state index in [1.807, 2.05) is 74.5 Å². The maximum atomic E-state index is 12.1. The monoisotopic (exact) mass is 353 g/mol. The first-order valence-corrected chi connectivity index (χ1v) is 8.45. The van der Waals surface area contributed by atoms with E-state index in [-0.39, 0.29) is 5.92 Å². The molecular weight excluding hydrogens is 330 g/mol. The topological polar surface area (TPSA) is 90.8 Å². The first kappa shape index (κ1) is 19.2. The van der Waals surface area contributed by atoms with Gasteiger partial charge in [-0.05, 0) is 12.3 Å². The molecular formula is C20H23N3O3. The van der Waals surface area contributed by atoms with E-state index < -0.39 is 18.0 Å². The zero-order valence-corrected chi connectivity index (χ0v) is 14.8. The van der Waals surface area contributed by atoms with Crippen molar-refractivity contribution in [3.8, 4) is 0 Å². The van der Waals surface area contributed by atoms with E-state index in [1.165, 1.54) is 0 Å². The SMILES string of the molecule is CC(C)C[C@H](NC(=O)NN=C(c1ccccc1)c1ccccc1)C(=O)O. The number of carbonyl (C=O) groups is 2. The Kier molecular flexibility index (Phi) is 6.91. The van der Waals surface area contributed by atoms with Crippen molar-refractivity contribution < 1.29 is 14.7 Å². The quantitative estimate of drug-likeness (QED) is 0.527. The first-order chi connectivity index (χ1) is 12.5. The molecule has 0 fully saturated rings. The molecule has 0 heterocycles. The molecule has 6 heteroatoms. The van der Waals surface area contributed by atoms with Crippen molar-refractivity contribution >= 4 is 17.7 Å². The molecule has 2 aromatic rings. The maximum Gasteiger partial charge on any atom is 0.335 e. The molecule has 2 rings (SSSR count). The van der Waals surface area contributed by atoms with Crippen molar-refractivity contribution in [2.45, 2.75) is 26.3 Å². The number of carboxylic acids is 1. The summed E-state index contributed by atoms with van der Waals surface area (Å²) in [6.45, 7) is 3.80. The molecule has 2 aromatic carbocycles. The van der Waals surface area contributed by atoms with Crippen LogP contribution in [0.25, 0.3) is 0 Å². The molecule has 26 heavy (non-hydrogen) atoms. The second-order valence-corrected chi connectivity index (χ2v) is 6.30. The molecule has 0 aliphatic heterocycles. The summed E-state index contributed by atoms with van der Waals surface area (Å²) < 4.78 is 0. The number of hydrogen-bond donors (Lipinski definition) is 3. The lowest BCUT2D eigenvalue weighted by Crippen LogP contribution is -2.45. The predicted molar refractivity (Wildman–Crippen MR) is 101 cm³/mol. The van der Waals surface area contributed by atoms with Crippen LogP contribution in [-0.2, 0) is 4.79 Å². The third-order valence-corrected chi connectivity index (χ3v) is 3.67. The van der Waals surface area contributed by atoms with Gasteiger partial charge in [-0.25, -0.2) is 15.0 Å². The molecule has 6 nitrogen and oxygen atoms in total. The number of carbonyl (C=O) groups excluding carboxylic acids is 1. The fourth-order valence-electron chi connectivity index (χ4n) is 2.48. The first-order valence-electron chi connectivity index (χ1n) is 8.45. The number of benzene rings is 2. The number of nitrogens with one attached hydrogen (secondary N) is 2. The van der Waals surface area contributed by atoms with E-state index >= 15 is 0 Å². The Hall–Kier alpha value is -3.15. The van der Waals surface area contributed by atoms with Crippen LogP contribution < -0.4 is 10.7 Å². The van der Waals surface area contributed by atoms with Crippen LogP contribution in [0.1, 0.15) is 31.4 Å². The molecule has 0 unspecified atom stereocenters. The van der Waals surface area contributed by atoms with E-state index in [2.05, 4.69) is 15.8 Å². The summed E-state index contributed by atoms with van der Waals surface area (Å²) in [5, 5.41) is 15.9. The Morgan fingerprint density at radius 2 is 1.46 bits per heavy atom. The highest BCUT2D eigenvalue weighted by atomic mass is 16.4. The van der Waals surface area contributed by atoms with Crippen LogP contribution in [0.3, 0.4) is 0 Å². The van der Waals surface area contributed by atoms with Crippen molar-refractivity contribution in [3.05, 3.63) is 71.8 Å². The maximum absolute atomic E-state index is 12.1. The van der Waals surface area contributed by atoms with E-state index in [0.29, 0.717) is 12.1 Å². The molecule has 136 valence electrons. The number of amides is 2. The van der Waals surface area contributed by atoms with Gasteiger partial charge in [-0.1, -0.05) is 74.5 Å². The fourth-order valence-corrected chi connectivity index (χ4v) is 2.48. The van der Waals surface area contributed by atoms with Gasteiger partial charge >= 0.3 is 12.0 Å². The van der Waals surface area contributed by atoms with Crippen LogP contribution in [-0.4, -0.2) is 28.9 Å². The average Bonchev–Trinajstić information content (AvgIpc) is 2.62. The Labute approximate surface area is 152 Å². The minimum Gasteiger partial charge on any atom is -0.480 e. The van der Waals surface area contributed by atoms with Gasteiger partial charge in [0.1, 0.15) is 6.04 Å². The van der Waals surface area contributed by atoms with Crippen LogP contribution in [0.15, 0.2) is 65.8 Å². The number of rotatable bonds is 7. The Balaban J connectivity index is 2.17. The zero-order chi connectivity index (χ0) is 18.9. The molecule has 2 amide bonds. The summed E-state index contributed by atoms with van der Waals surface area (Å²) in [4.78, 5) is 23.4. The van der Waals surface area contributed by atoms with Gasteiger partial charge in [0.15, 0.2) is 0 Å². The van der Waals surface area contributed by atoms with Crippen molar-refractivity contribution in [3.63, 3.8) is 0 Å². The number of hydrogen-bond acceptors (Lipinski definition) is 3.